The molecule has 0 amide bonds. The van der Waals surface area contributed by atoms with Crippen molar-refractivity contribution in [2.45, 2.75) is 13.8 Å². The van der Waals surface area contributed by atoms with Gasteiger partial charge in [0.2, 0.25) is 0 Å². The predicted octanol–water partition coefficient (Wildman–Crippen LogP) is 4.91. The zero-order chi connectivity index (χ0) is 17.0. The number of halogens is 2. The van der Waals surface area contributed by atoms with Gasteiger partial charge in [-0.3, -0.25) is 0 Å². The van der Waals surface area contributed by atoms with Gasteiger partial charge in [0.15, 0.2) is 0 Å². The molecule has 2 aromatic rings. The molecule has 6 heteroatoms. The van der Waals surface area contributed by atoms with Crippen LogP contribution < -0.4 is 10.1 Å². The normalized spacial score (nSPS) is 10.4. The number of carbonyl (C=O) groups is 1. The highest BCUT2D eigenvalue weighted by Gasteiger charge is 2.13. The summed E-state index contributed by atoms with van der Waals surface area (Å²) < 4.78 is 6.36. The molecule has 23 heavy (non-hydrogen) atoms. The number of aromatic carboxylic acids is 1. The molecule has 4 nitrogen and oxygen atoms in total. The van der Waals surface area contributed by atoms with Crippen molar-refractivity contribution in [3.8, 4) is 5.75 Å². The maximum atomic E-state index is 11.3. The molecule has 0 aliphatic rings. The highest BCUT2D eigenvalue weighted by atomic mass is 79.9. The van der Waals surface area contributed by atoms with E-state index in [2.05, 4.69) is 21.2 Å². The van der Waals surface area contributed by atoms with Crippen LogP contribution in [-0.2, 0) is 0 Å². The molecule has 0 bridgehead atoms. The lowest BCUT2D eigenvalue weighted by molar-refractivity contribution is 0.0697. The van der Waals surface area contributed by atoms with Crippen molar-refractivity contribution >= 4 is 39.2 Å². The molecule has 0 radical (unpaired) electrons. The number of ether oxygens (including phenoxy) is 1. The summed E-state index contributed by atoms with van der Waals surface area (Å²) in [6.45, 7) is 4.65. The maximum Gasteiger partial charge on any atom is 0.337 e. The molecule has 0 saturated heterocycles. The Labute approximate surface area is 148 Å². The first-order valence-corrected chi connectivity index (χ1v) is 8.22. The van der Waals surface area contributed by atoms with Crippen LogP contribution in [0.5, 0.6) is 5.75 Å². The number of benzene rings is 2. The fourth-order valence-corrected chi connectivity index (χ4v) is 2.97. The van der Waals surface area contributed by atoms with Gasteiger partial charge in [0, 0.05) is 16.0 Å². The lowest BCUT2D eigenvalue weighted by Gasteiger charge is -2.14. The van der Waals surface area contributed by atoms with Crippen LogP contribution in [0.3, 0.4) is 0 Å². The summed E-state index contributed by atoms with van der Waals surface area (Å²) >= 11 is 9.37. The molecule has 2 aromatic carbocycles. The van der Waals surface area contributed by atoms with Gasteiger partial charge in [0.25, 0.3) is 0 Å². The molecule has 122 valence electrons. The third-order valence-electron chi connectivity index (χ3n) is 3.27. The second kappa shape index (κ2) is 7.70. The van der Waals surface area contributed by atoms with Gasteiger partial charge < -0.3 is 15.2 Å². The summed E-state index contributed by atoms with van der Waals surface area (Å²) in [4.78, 5) is 11.3. The van der Waals surface area contributed by atoms with Crippen LogP contribution in [-0.4, -0.2) is 24.2 Å². The van der Waals surface area contributed by atoms with Gasteiger partial charge in [0.1, 0.15) is 12.4 Å². The molecule has 0 heterocycles. The molecule has 2 N–H and O–H groups in total. The Balaban J connectivity index is 1.99. The largest absolute Gasteiger partial charge is 0.492 e. The predicted molar refractivity (Wildman–Crippen MR) is 96.0 cm³/mol. The summed E-state index contributed by atoms with van der Waals surface area (Å²) in [5, 5.41) is 13.1. The topological polar surface area (TPSA) is 58.6 Å². The van der Waals surface area contributed by atoms with Crippen molar-refractivity contribution in [2.75, 3.05) is 18.5 Å². The summed E-state index contributed by atoms with van der Waals surface area (Å²) in [6, 6.07) is 8.97. The molecule has 0 saturated carbocycles. The van der Waals surface area contributed by atoms with Gasteiger partial charge in [-0.25, -0.2) is 4.79 Å². The molecule has 0 atom stereocenters. The van der Waals surface area contributed by atoms with E-state index in [1.807, 2.05) is 26.0 Å². The van der Waals surface area contributed by atoms with Crippen molar-refractivity contribution in [1.29, 1.82) is 0 Å². The number of carboxylic acid groups (broad SMARTS) is 1. The minimum atomic E-state index is -0.967. The monoisotopic (exact) mass is 397 g/mol. The maximum absolute atomic E-state index is 11.3. The molecule has 0 unspecified atom stereocenters. The summed E-state index contributed by atoms with van der Waals surface area (Å²) in [7, 11) is 0. The highest BCUT2D eigenvalue weighted by Crippen LogP contribution is 2.28. The first-order valence-electron chi connectivity index (χ1n) is 7.04. The first kappa shape index (κ1) is 17.6. The molecular formula is C17H17BrClNO3. The van der Waals surface area contributed by atoms with Crippen LogP contribution in [0.15, 0.2) is 34.8 Å². The third kappa shape index (κ3) is 4.62. The quantitative estimate of drug-likeness (QED) is 0.679. The fraction of sp³-hybridized carbons (Fsp3) is 0.235. The van der Waals surface area contributed by atoms with E-state index in [4.69, 9.17) is 16.3 Å². The molecular weight excluding hydrogens is 382 g/mol. The smallest absolute Gasteiger partial charge is 0.337 e. The Hall–Kier alpha value is -1.72. The SMILES string of the molecule is Cc1cc(Br)c(NCCOc2ccc(Cl)c(C)c2)c(C(=O)O)c1. The number of rotatable bonds is 6. The second-order valence-electron chi connectivity index (χ2n) is 5.16. The van der Waals surface area contributed by atoms with Crippen molar-refractivity contribution < 1.29 is 14.6 Å². The van der Waals surface area contributed by atoms with Crippen molar-refractivity contribution in [3.05, 3.63) is 56.5 Å². The number of aryl methyl sites for hydroxylation is 2. The first-order chi connectivity index (χ1) is 10.9. The number of nitrogens with one attached hydrogen (secondary N) is 1. The molecule has 0 spiro atoms. The Morgan fingerprint density at radius 1 is 1.30 bits per heavy atom. The molecule has 0 aromatic heterocycles. The lowest BCUT2D eigenvalue weighted by atomic mass is 10.1. The van der Waals surface area contributed by atoms with Crippen molar-refractivity contribution in [1.82, 2.24) is 0 Å². The zero-order valence-electron chi connectivity index (χ0n) is 12.8. The van der Waals surface area contributed by atoms with Crippen LogP contribution in [0, 0.1) is 13.8 Å². The fourth-order valence-electron chi connectivity index (χ4n) is 2.14. The van der Waals surface area contributed by atoms with E-state index >= 15 is 0 Å². The van der Waals surface area contributed by atoms with Crippen LogP contribution >= 0.6 is 27.5 Å². The van der Waals surface area contributed by atoms with E-state index in [0.717, 1.165) is 21.3 Å². The van der Waals surface area contributed by atoms with Crippen LogP contribution in [0.2, 0.25) is 5.02 Å². The van der Waals surface area contributed by atoms with E-state index in [1.165, 1.54) is 0 Å². The number of hydrogen-bond acceptors (Lipinski definition) is 3. The number of anilines is 1. The summed E-state index contributed by atoms with van der Waals surface area (Å²) in [5.41, 5.74) is 2.62. The summed E-state index contributed by atoms with van der Waals surface area (Å²) in [5.74, 6) is -0.235. The second-order valence-corrected chi connectivity index (χ2v) is 6.42. The molecule has 0 aliphatic heterocycles. The number of carboxylic acids is 1. The van der Waals surface area contributed by atoms with E-state index in [0.29, 0.717) is 23.9 Å². The van der Waals surface area contributed by atoms with Crippen molar-refractivity contribution in [2.24, 2.45) is 0 Å². The van der Waals surface area contributed by atoms with Gasteiger partial charge in [0.05, 0.1) is 11.3 Å². The zero-order valence-corrected chi connectivity index (χ0v) is 15.2. The Morgan fingerprint density at radius 2 is 2.04 bits per heavy atom. The highest BCUT2D eigenvalue weighted by molar-refractivity contribution is 9.10. The van der Waals surface area contributed by atoms with E-state index in [9.17, 15) is 9.90 Å². The average molecular weight is 399 g/mol. The molecule has 0 aliphatic carbocycles. The van der Waals surface area contributed by atoms with Gasteiger partial charge in [-0.15, -0.1) is 0 Å². The molecule has 0 fully saturated rings. The minimum Gasteiger partial charge on any atom is -0.492 e. The van der Waals surface area contributed by atoms with Gasteiger partial charge in [-0.1, -0.05) is 11.6 Å². The van der Waals surface area contributed by atoms with Gasteiger partial charge in [-0.05, 0) is 71.2 Å². The van der Waals surface area contributed by atoms with Gasteiger partial charge >= 0.3 is 5.97 Å². The van der Waals surface area contributed by atoms with Crippen LogP contribution in [0.1, 0.15) is 21.5 Å². The Bertz CT molecular complexity index is 734. The lowest BCUT2D eigenvalue weighted by Crippen LogP contribution is -2.14. The van der Waals surface area contributed by atoms with Crippen molar-refractivity contribution in [3.63, 3.8) is 0 Å². The minimum absolute atomic E-state index is 0.235. The van der Waals surface area contributed by atoms with Crippen LogP contribution in [0.4, 0.5) is 5.69 Å². The van der Waals surface area contributed by atoms with E-state index in [-0.39, 0.29) is 5.56 Å². The average Bonchev–Trinajstić information content (AvgIpc) is 2.48. The third-order valence-corrected chi connectivity index (χ3v) is 4.32. The standard InChI is InChI=1S/C17H17BrClNO3/c1-10-7-13(17(21)22)16(14(18)8-10)20-5-6-23-12-3-4-15(19)11(2)9-12/h3-4,7-9,20H,5-6H2,1-2H3,(H,21,22). The van der Waals surface area contributed by atoms with Crippen LogP contribution in [0.25, 0.3) is 0 Å². The number of hydrogen-bond donors (Lipinski definition) is 2. The van der Waals surface area contributed by atoms with E-state index in [1.54, 1.807) is 18.2 Å². The summed E-state index contributed by atoms with van der Waals surface area (Å²) in [6.07, 6.45) is 0. The van der Waals surface area contributed by atoms with E-state index < -0.39 is 5.97 Å². The Morgan fingerprint density at radius 3 is 2.70 bits per heavy atom. The van der Waals surface area contributed by atoms with Gasteiger partial charge in [-0.2, -0.15) is 0 Å². The Kier molecular flexibility index (Phi) is 5.91. The molecule has 2 rings (SSSR count).